The Morgan fingerprint density at radius 3 is 2.78 bits per heavy atom. The van der Waals surface area contributed by atoms with E-state index in [0.717, 1.165) is 18.1 Å². The highest BCUT2D eigenvalue weighted by molar-refractivity contribution is 7.10. The number of anilines is 1. The zero-order valence-electron chi connectivity index (χ0n) is 10.8. The summed E-state index contributed by atoms with van der Waals surface area (Å²) in [5.74, 6) is -0.409. The Labute approximate surface area is 110 Å². The van der Waals surface area contributed by atoms with Crippen molar-refractivity contribution >= 4 is 22.5 Å². The van der Waals surface area contributed by atoms with Gasteiger partial charge in [0.1, 0.15) is 5.00 Å². The third-order valence-electron chi connectivity index (χ3n) is 2.65. The molecule has 0 radical (unpaired) electrons. The van der Waals surface area contributed by atoms with Crippen LogP contribution in [0, 0.1) is 0 Å². The average Bonchev–Trinajstić information content (AvgIpc) is 2.76. The van der Waals surface area contributed by atoms with Crippen LogP contribution in [0.25, 0.3) is 0 Å². The van der Waals surface area contributed by atoms with Crippen LogP contribution in [0.5, 0.6) is 0 Å². The summed E-state index contributed by atoms with van der Waals surface area (Å²) in [5, 5.41) is 4.65. The molecule has 0 bridgehead atoms. The molecule has 0 N–H and O–H groups in total. The maximum absolute atomic E-state index is 11.8. The first-order valence-corrected chi connectivity index (χ1v) is 6.79. The lowest BCUT2D eigenvalue weighted by Crippen LogP contribution is -2.45. The molecule has 6 nitrogen and oxygen atoms in total. The molecule has 1 aliphatic heterocycles. The minimum atomic E-state index is -0.409. The van der Waals surface area contributed by atoms with Crippen LogP contribution < -0.4 is 4.90 Å². The SMILES string of the molecule is CCOC(=O)c1nnsc1N1CC(C)OC(C)C1. The molecule has 2 atom stereocenters. The third kappa shape index (κ3) is 2.78. The van der Waals surface area contributed by atoms with Crippen molar-refractivity contribution in [3.63, 3.8) is 0 Å². The van der Waals surface area contributed by atoms with Gasteiger partial charge in [0.2, 0.25) is 5.69 Å². The Kier molecular flexibility index (Phi) is 4.13. The average molecular weight is 271 g/mol. The van der Waals surface area contributed by atoms with E-state index in [1.807, 2.05) is 13.8 Å². The standard InChI is InChI=1S/C11H17N3O3S/c1-4-16-11(15)9-10(18-13-12-9)14-5-7(2)17-8(3)6-14/h7-8H,4-6H2,1-3H3. The van der Waals surface area contributed by atoms with E-state index < -0.39 is 5.97 Å². The molecule has 1 aromatic heterocycles. The smallest absolute Gasteiger partial charge is 0.362 e. The molecule has 100 valence electrons. The van der Waals surface area contributed by atoms with E-state index in [1.165, 1.54) is 11.5 Å². The predicted octanol–water partition coefficient (Wildman–Crippen LogP) is 1.33. The number of esters is 1. The van der Waals surface area contributed by atoms with Crippen LogP contribution in [0.15, 0.2) is 0 Å². The Balaban J connectivity index is 2.18. The lowest BCUT2D eigenvalue weighted by Gasteiger charge is -2.35. The molecule has 1 aliphatic rings. The lowest BCUT2D eigenvalue weighted by molar-refractivity contribution is -0.00515. The largest absolute Gasteiger partial charge is 0.461 e. The maximum atomic E-state index is 11.8. The van der Waals surface area contributed by atoms with E-state index in [9.17, 15) is 4.79 Å². The van der Waals surface area contributed by atoms with Gasteiger partial charge < -0.3 is 14.4 Å². The number of hydrogen-bond acceptors (Lipinski definition) is 7. The Bertz CT molecular complexity index is 413. The molecule has 1 fully saturated rings. The molecular formula is C11H17N3O3S. The summed E-state index contributed by atoms with van der Waals surface area (Å²) in [7, 11) is 0. The quantitative estimate of drug-likeness (QED) is 0.773. The molecule has 1 aromatic rings. The lowest BCUT2D eigenvalue weighted by atomic mass is 10.2. The zero-order valence-corrected chi connectivity index (χ0v) is 11.6. The molecule has 18 heavy (non-hydrogen) atoms. The number of nitrogens with zero attached hydrogens (tertiary/aromatic N) is 3. The molecule has 0 aliphatic carbocycles. The molecule has 2 rings (SSSR count). The number of carbonyl (C=O) groups is 1. The van der Waals surface area contributed by atoms with Crippen LogP contribution in [-0.2, 0) is 9.47 Å². The fourth-order valence-electron chi connectivity index (χ4n) is 2.06. The second kappa shape index (κ2) is 5.62. The molecule has 7 heteroatoms. The summed E-state index contributed by atoms with van der Waals surface area (Å²) in [5.41, 5.74) is 0.308. The van der Waals surface area contributed by atoms with Gasteiger partial charge in [-0.3, -0.25) is 0 Å². The number of carbonyl (C=O) groups excluding carboxylic acids is 1. The first-order valence-electron chi connectivity index (χ1n) is 6.01. The monoisotopic (exact) mass is 271 g/mol. The van der Waals surface area contributed by atoms with Gasteiger partial charge in [-0.2, -0.15) is 0 Å². The molecule has 1 saturated heterocycles. The van der Waals surface area contributed by atoms with Gasteiger partial charge in [0.15, 0.2) is 0 Å². The minimum absolute atomic E-state index is 0.130. The summed E-state index contributed by atoms with van der Waals surface area (Å²) < 4.78 is 14.5. The van der Waals surface area contributed by atoms with Gasteiger partial charge in [0, 0.05) is 24.6 Å². The summed E-state index contributed by atoms with van der Waals surface area (Å²) in [6, 6.07) is 0. The highest BCUT2D eigenvalue weighted by atomic mass is 32.1. The van der Waals surface area contributed by atoms with E-state index >= 15 is 0 Å². The second-order valence-electron chi connectivity index (χ2n) is 4.31. The fraction of sp³-hybridized carbons (Fsp3) is 0.727. The van der Waals surface area contributed by atoms with Crippen molar-refractivity contribution < 1.29 is 14.3 Å². The maximum Gasteiger partial charge on any atom is 0.362 e. The number of hydrogen-bond donors (Lipinski definition) is 0. The van der Waals surface area contributed by atoms with Crippen LogP contribution >= 0.6 is 11.5 Å². The van der Waals surface area contributed by atoms with Gasteiger partial charge in [-0.1, -0.05) is 4.49 Å². The first kappa shape index (κ1) is 13.2. The minimum Gasteiger partial charge on any atom is -0.461 e. The molecule has 0 aromatic carbocycles. The number of morpholine rings is 1. The highest BCUT2D eigenvalue weighted by Gasteiger charge is 2.28. The van der Waals surface area contributed by atoms with E-state index in [1.54, 1.807) is 6.92 Å². The summed E-state index contributed by atoms with van der Waals surface area (Å²) in [4.78, 5) is 13.8. The van der Waals surface area contributed by atoms with E-state index in [2.05, 4.69) is 14.5 Å². The van der Waals surface area contributed by atoms with Crippen LogP contribution in [0.1, 0.15) is 31.3 Å². The van der Waals surface area contributed by atoms with Gasteiger partial charge in [0.25, 0.3) is 0 Å². The van der Waals surface area contributed by atoms with Crippen molar-refractivity contribution in [2.24, 2.45) is 0 Å². The Morgan fingerprint density at radius 2 is 2.17 bits per heavy atom. The van der Waals surface area contributed by atoms with E-state index in [0.29, 0.717) is 12.3 Å². The fourth-order valence-corrected chi connectivity index (χ4v) is 2.74. The summed E-state index contributed by atoms with van der Waals surface area (Å²) in [6.45, 7) is 7.62. The van der Waals surface area contributed by atoms with Crippen LogP contribution in [0.2, 0.25) is 0 Å². The van der Waals surface area contributed by atoms with E-state index in [4.69, 9.17) is 9.47 Å². The Morgan fingerprint density at radius 1 is 1.50 bits per heavy atom. The van der Waals surface area contributed by atoms with E-state index in [-0.39, 0.29) is 12.2 Å². The second-order valence-corrected chi connectivity index (χ2v) is 5.04. The molecule has 2 unspecified atom stereocenters. The van der Waals surface area contributed by atoms with Crippen molar-refractivity contribution in [1.29, 1.82) is 0 Å². The van der Waals surface area contributed by atoms with Crippen LogP contribution in [0.3, 0.4) is 0 Å². The van der Waals surface area contributed by atoms with Crippen molar-refractivity contribution in [3.05, 3.63) is 5.69 Å². The van der Waals surface area contributed by atoms with Gasteiger partial charge in [-0.25, -0.2) is 4.79 Å². The predicted molar refractivity (Wildman–Crippen MR) is 68.1 cm³/mol. The summed E-state index contributed by atoms with van der Waals surface area (Å²) in [6.07, 6.45) is 0.261. The van der Waals surface area contributed by atoms with Gasteiger partial charge in [-0.05, 0) is 20.8 Å². The normalized spacial score (nSPS) is 24.1. The van der Waals surface area contributed by atoms with Crippen molar-refractivity contribution in [3.8, 4) is 0 Å². The van der Waals surface area contributed by atoms with Gasteiger partial charge in [-0.15, -0.1) is 5.10 Å². The number of rotatable bonds is 3. The van der Waals surface area contributed by atoms with Crippen LogP contribution in [0.4, 0.5) is 5.00 Å². The first-order chi connectivity index (χ1) is 8.61. The molecule has 0 spiro atoms. The number of ether oxygens (including phenoxy) is 2. The molecule has 0 saturated carbocycles. The van der Waals surface area contributed by atoms with Crippen molar-refractivity contribution in [1.82, 2.24) is 9.59 Å². The van der Waals surface area contributed by atoms with Gasteiger partial charge >= 0.3 is 5.97 Å². The van der Waals surface area contributed by atoms with Crippen LogP contribution in [-0.4, -0.2) is 47.5 Å². The van der Waals surface area contributed by atoms with Gasteiger partial charge in [0.05, 0.1) is 18.8 Å². The molecular weight excluding hydrogens is 254 g/mol. The molecule has 0 amide bonds. The topological polar surface area (TPSA) is 64.5 Å². The highest BCUT2D eigenvalue weighted by Crippen LogP contribution is 2.27. The van der Waals surface area contributed by atoms with Crippen molar-refractivity contribution in [2.75, 3.05) is 24.6 Å². The summed E-state index contributed by atoms with van der Waals surface area (Å²) >= 11 is 1.22. The number of aromatic nitrogens is 2. The Hall–Kier alpha value is -1.21. The molecule has 2 heterocycles. The zero-order chi connectivity index (χ0) is 13.1. The van der Waals surface area contributed by atoms with Crippen molar-refractivity contribution in [2.45, 2.75) is 33.0 Å². The third-order valence-corrected chi connectivity index (χ3v) is 3.43.